The molecule has 1 saturated heterocycles. The number of nitrogens with zero attached hydrogens (tertiary/aromatic N) is 2. The van der Waals surface area contributed by atoms with Crippen molar-refractivity contribution in [2.75, 3.05) is 4.90 Å². The maximum Gasteiger partial charge on any atom is 0.174 e. The van der Waals surface area contributed by atoms with Crippen molar-refractivity contribution < 1.29 is 4.42 Å². The number of pyridine rings is 1. The van der Waals surface area contributed by atoms with Crippen molar-refractivity contribution in [3.63, 3.8) is 0 Å². The van der Waals surface area contributed by atoms with Crippen LogP contribution in [-0.4, -0.2) is 10.1 Å². The Morgan fingerprint density at radius 3 is 2.53 bits per heavy atom. The Hall–Kier alpha value is -3.09. The molecule has 0 unspecified atom stereocenters. The first-order chi connectivity index (χ1) is 15.6. The fourth-order valence-electron chi connectivity index (χ4n) is 3.97. The Bertz CT molecular complexity index is 1240. The smallest absolute Gasteiger partial charge is 0.174 e. The van der Waals surface area contributed by atoms with Crippen LogP contribution in [0.2, 0.25) is 0 Å². The highest BCUT2D eigenvalue weighted by Crippen LogP contribution is 2.43. The fourth-order valence-corrected chi connectivity index (χ4v) is 5.09. The van der Waals surface area contributed by atoms with E-state index in [9.17, 15) is 0 Å². The molecule has 2 aromatic heterocycles. The van der Waals surface area contributed by atoms with Crippen molar-refractivity contribution in [2.45, 2.75) is 35.9 Å². The number of aryl methyl sites for hydroxylation is 2. The lowest BCUT2D eigenvalue weighted by atomic mass is 10.0. The largest absolute Gasteiger partial charge is 0.452 e. The molecule has 1 fully saturated rings. The minimum Gasteiger partial charge on any atom is -0.452 e. The molecule has 0 aliphatic carbocycles. The Kier molecular flexibility index (Phi) is 5.72. The Morgan fingerprint density at radius 2 is 1.78 bits per heavy atom. The topological polar surface area (TPSA) is 41.3 Å². The third-order valence-corrected chi connectivity index (χ3v) is 6.75. The van der Waals surface area contributed by atoms with E-state index in [1.165, 1.54) is 11.1 Å². The van der Waals surface area contributed by atoms with Crippen molar-refractivity contribution in [3.8, 4) is 0 Å². The van der Waals surface area contributed by atoms with Gasteiger partial charge in [0.2, 0.25) is 0 Å². The molecule has 1 aliphatic heterocycles. The normalized spacial score (nSPS) is 18.1. The summed E-state index contributed by atoms with van der Waals surface area (Å²) in [6, 6.07) is 26.6. The van der Waals surface area contributed by atoms with Crippen LogP contribution in [0, 0.1) is 13.8 Å². The van der Waals surface area contributed by atoms with Crippen molar-refractivity contribution >= 4 is 34.8 Å². The van der Waals surface area contributed by atoms with E-state index in [-0.39, 0.29) is 12.1 Å². The minimum absolute atomic E-state index is 0.118. The van der Waals surface area contributed by atoms with Gasteiger partial charge in [0.05, 0.1) is 11.7 Å². The number of hydrogen-bond acceptors (Lipinski definition) is 4. The molecule has 2 aromatic carbocycles. The van der Waals surface area contributed by atoms with E-state index in [1.807, 2.05) is 30.5 Å². The van der Waals surface area contributed by atoms with Crippen molar-refractivity contribution in [1.29, 1.82) is 0 Å². The predicted octanol–water partition coefficient (Wildman–Crippen LogP) is 6.62. The zero-order valence-electron chi connectivity index (χ0n) is 17.9. The van der Waals surface area contributed by atoms with E-state index < -0.39 is 0 Å². The molecule has 0 radical (unpaired) electrons. The summed E-state index contributed by atoms with van der Waals surface area (Å²) >= 11 is 7.40. The predicted molar refractivity (Wildman–Crippen MR) is 133 cm³/mol. The highest BCUT2D eigenvalue weighted by molar-refractivity contribution is 7.99. The second kappa shape index (κ2) is 8.81. The minimum atomic E-state index is -0.147. The van der Waals surface area contributed by atoms with Crippen molar-refractivity contribution in [3.05, 3.63) is 108 Å². The van der Waals surface area contributed by atoms with Gasteiger partial charge in [-0.2, -0.15) is 0 Å². The maximum atomic E-state index is 6.38. The van der Waals surface area contributed by atoms with Crippen molar-refractivity contribution in [1.82, 2.24) is 10.3 Å². The molecular formula is C26H23N3OS2. The van der Waals surface area contributed by atoms with Crippen molar-refractivity contribution in [2.24, 2.45) is 0 Å². The van der Waals surface area contributed by atoms with E-state index in [0.29, 0.717) is 5.11 Å². The molecule has 0 saturated carbocycles. The highest BCUT2D eigenvalue weighted by Gasteiger charge is 2.42. The second-order valence-electron chi connectivity index (χ2n) is 7.91. The summed E-state index contributed by atoms with van der Waals surface area (Å²) in [5.74, 6) is 0.851. The Balaban J connectivity index is 1.53. The molecule has 0 bridgehead atoms. The van der Waals surface area contributed by atoms with Crippen LogP contribution < -0.4 is 10.2 Å². The van der Waals surface area contributed by atoms with Gasteiger partial charge in [-0.05, 0) is 80.2 Å². The summed E-state index contributed by atoms with van der Waals surface area (Å²) in [6.45, 7) is 4.18. The van der Waals surface area contributed by atoms with E-state index in [2.05, 4.69) is 83.6 Å². The zero-order valence-corrected chi connectivity index (χ0v) is 19.5. The molecule has 160 valence electrons. The molecule has 1 aliphatic rings. The first kappa shape index (κ1) is 20.8. The fraction of sp³-hybridized carbons (Fsp3) is 0.154. The average molecular weight is 458 g/mol. The van der Waals surface area contributed by atoms with Gasteiger partial charge < -0.3 is 14.6 Å². The summed E-state index contributed by atoms with van der Waals surface area (Å²) in [5, 5.41) is 5.00. The van der Waals surface area contributed by atoms with Crippen LogP contribution in [0.15, 0.2) is 99.5 Å². The monoisotopic (exact) mass is 457 g/mol. The zero-order chi connectivity index (χ0) is 22.1. The summed E-state index contributed by atoms with van der Waals surface area (Å²) in [5.41, 5.74) is 4.39. The van der Waals surface area contributed by atoms with E-state index >= 15 is 0 Å². The number of furan rings is 1. The quantitative estimate of drug-likeness (QED) is 0.340. The SMILES string of the molecule is Cc1ccc(Sc2ccc([C@@H]3[C@H](c4ccccn4)NC(=S)N3c3cccc(C)c3)o2)cc1. The van der Waals surface area contributed by atoms with Crippen LogP contribution in [-0.2, 0) is 0 Å². The van der Waals surface area contributed by atoms with Gasteiger partial charge in [-0.1, -0.05) is 47.7 Å². The molecule has 1 N–H and O–H groups in total. The molecule has 6 heteroatoms. The summed E-state index contributed by atoms with van der Waals surface area (Å²) in [4.78, 5) is 7.89. The maximum absolute atomic E-state index is 6.38. The van der Waals surface area contributed by atoms with Crippen LogP contribution in [0.4, 0.5) is 5.69 Å². The van der Waals surface area contributed by atoms with E-state index in [1.54, 1.807) is 11.8 Å². The molecule has 2 atom stereocenters. The van der Waals surface area contributed by atoms with E-state index in [0.717, 1.165) is 27.1 Å². The van der Waals surface area contributed by atoms with Gasteiger partial charge >= 0.3 is 0 Å². The third-order valence-electron chi connectivity index (χ3n) is 5.51. The van der Waals surface area contributed by atoms with Gasteiger partial charge in [-0.25, -0.2) is 0 Å². The van der Waals surface area contributed by atoms with Crippen LogP contribution in [0.1, 0.15) is 34.7 Å². The van der Waals surface area contributed by atoms with Gasteiger partial charge in [0.1, 0.15) is 11.8 Å². The van der Waals surface area contributed by atoms with Gasteiger partial charge in [-0.3, -0.25) is 4.98 Å². The van der Waals surface area contributed by atoms with Gasteiger partial charge in [0.25, 0.3) is 0 Å². The second-order valence-corrected chi connectivity index (χ2v) is 9.37. The molecule has 0 spiro atoms. The number of rotatable bonds is 5. The molecule has 0 amide bonds. The van der Waals surface area contributed by atoms with E-state index in [4.69, 9.17) is 16.6 Å². The van der Waals surface area contributed by atoms with Crippen LogP contribution >= 0.6 is 24.0 Å². The number of nitrogens with one attached hydrogen (secondary N) is 1. The molecule has 4 aromatic rings. The van der Waals surface area contributed by atoms with Gasteiger partial charge in [-0.15, -0.1) is 0 Å². The average Bonchev–Trinajstić information content (AvgIpc) is 3.40. The molecular weight excluding hydrogens is 434 g/mol. The lowest BCUT2D eigenvalue weighted by molar-refractivity contribution is 0.383. The Morgan fingerprint density at radius 1 is 0.938 bits per heavy atom. The number of aromatic nitrogens is 1. The first-order valence-corrected chi connectivity index (χ1v) is 11.7. The molecule has 32 heavy (non-hydrogen) atoms. The van der Waals surface area contributed by atoms with Gasteiger partial charge in [0.15, 0.2) is 10.2 Å². The van der Waals surface area contributed by atoms with Gasteiger partial charge in [0, 0.05) is 16.8 Å². The summed E-state index contributed by atoms with van der Waals surface area (Å²) in [6.07, 6.45) is 1.81. The van der Waals surface area contributed by atoms with Crippen LogP contribution in [0.25, 0.3) is 0 Å². The third kappa shape index (κ3) is 4.16. The number of anilines is 1. The molecule has 5 rings (SSSR count). The van der Waals surface area contributed by atoms with Crippen LogP contribution in [0.3, 0.4) is 0 Å². The standard InChI is InChI=1S/C26H23N3OS2/c1-17-9-11-20(12-10-17)32-23-14-13-22(30-23)25-24(21-8-3-4-15-27-21)28-26(31)29(25)19-7-5-6-18(2)16-19/h3-16,24-25H,1-2H3,(H,28,31)/t24-,25+/m0/s1. The number of thiocarbonyl (C=S) groups is 1. The number of benzene rings is 2. The Labute approximate surface area is 197 Å². The number of hydrogen-bond donors (Lipinski definition) is 1. The summed E-state index contributed by atoms with van der Waals surface area (Å²) < 4.78 is 6.38. The van der Waals surface area contributed by atoms with Crippen LogP contribution in [0.5, 0.6) is 0 Å². The molecule has 3 heterocycles. The molecule has 4 nitrogen and oxygen atoms in total. The first-order valence-electron chi connectivity index (χ1n) is 10.5. The lowest BCUT2D eigenvalue weighted by Gasteiger charge is -2.26. The lowest BCUT2D eigenvalue weighted by Crippen LogP contribution is -2.29. The highest BCUT2D eigenvalue weighted by atomic mass is 32.2. The summed E-state index contributed by atoms with van der Waals surface area (Å²) in [7, 11) is 0.